The summed E-state index contributed by atoms with van der Waals surface area (Å²) in [7, 11) is 0. The number of nitrogens with zero attached hydrogens (tertiary/aromatic N) is 3. The molecule has 2 aromatic rings. The van der Waals surface area contributed by atoms with Crippen molar-refractivity contribution in [2.45, 2.75) is 19.4 Å². The van der Waals surface area contributed by atoms with E-state index in [1.54, 1.807) is 0 Å². The zero-order valence-electron chi connectivity index (χ0n) is 14.5. The average Bonchev–Trinajstić information content (AvgIpc) is 3.06. The molecule has 25 heavy (non-hydrogen) atoms. The van der Waals surface area contributed by atoms with E-state index in [0.29, 0.717) is 32.1 Å². The molecule has 2 saturated heterocycles. The second-order valence-electron chi connectivity index (χ2n) is 6.77. The summed E-state index contributed by atoms with van der Waals surface area (Å²) in [5.74, 6) is 0.191. The van der Waals surface area contributed by atoms with Crippen LogP contribution in [0.15, 0.2) is 22.6 Å². The number of nitrogens with one attached hydrogen (secondary N) is 1. The molecule has 0 spiro atoms. The Kier molecular flexibility index (Phi) is 4.59. The summed E-state index contributed by atoms with van der Waals surface area (Å²) in [6, 6.07) is 6.80. The van der Waals surface area contributed by atoms with Crippen LogP contribution in [0.3, 0.4) is 0 Å². The number of piperazine rings is 1. The van der Waals surface area contributed by atoms with Gasteiger partial charge in [0.05, 0.1) is 13.2 Å². The van der Waals surface area contributed by atoms with Crippen molar-refractivity contribution in [1.29, 1.82) is 0 Å². The first-order chi connectivity index (χ1) is 12.2. The quantitative estimate of drug-likeness (QED) is 0.901. The summed E-state index contributed by atoms with van der Waals surface area (Å²) in [5.41, 5.74) is 2.86. The fourth-order valence-electron chi connectivity index (χ4n) is 3.40. The molecule has 1 aromatic carbocycles. The van der Waals surface area contributed by atoms with Crippen molar-refractivity contribution >= 4 is 23.0 Å². The highest BCUT2D eigenvalue weighted by Gasteiger charge is 2.26. The van der Waals surface area contributed by atoms with Gasteiger partial charge in [0.25, 0.3) is 6.01 Å². The number of amides is 1. The van der Waals surface area contributed by atoms with Crippen LogP contribution in [0.2, 0.25) is 0 Å². The van der Waals surface area contributed by atoms with Crippen LogP contribution >= 0.6 is 0 Å². The standard InChI is InChI=1S/C18H24N4O3/c1-13-2-3-16-15(10-13)20-18(25-16)22-7-5-21(6-8-22)17(23)11-14-12-24-9-4-19-14/h2-3,10,14,19H,4-9,11-12H2,1H3. The van der Waals surface area contributed by atoms with Gasteiger partial charge in [0.15, 0.2) is 5.58 Å². The van der Waals surface area contributed by atoms with Crippen molar-refractivity contribution in [3.05, 3.63) is 23.8 Å². The van der Waals surface area contributed by atoms with Gasteiger partial charge in [0.1, 0.15) is 5.52 Å². The van der Waals surface area contributed by atoms with Gasteiger partial charge in [-0.15, -0.1) is 0 Å². The lowest BCUT2D eigenvalue weighted by atomic mass is 10.1. The van der Waals surface area contributed by atoms with Gasteiger partial charge in [0, 0.05) is 45.2 Å². The number of anilines is 1. The smallest absolute Gasteiger partial charge is 0.298 e. The summed E-state index contributed by atoms with van der Waals surface area (Å²) in [5, 5.41) is 3.34. The highest BCUT2D eigenvalue weighted by atomic mass is 16.5. The molecule has 134 valence electrons. The maximum atomic E-state index is 12.5. The summed E-state index contributed by atoms with van der Waals surface area (Å²) < 4.78 is 11.3. The molecule has 0 saturated carbocycles. The van der Waals surface area contributed by atoms with Crippen LogP contribution in [0.1, 0.15) is 12.0 Å². The van der Waals surface area contributed by atoms with Crippen LogP contribution in [0, 0.1) is 6.92 Å². The van der Waals surface area contributed by atoms with E-state index >= 15 is 0 Å². The number of rotatable bonds is 3. The molecule has 7 nitrogen and oxygen atoms in total. The normalized spacial score (nSPS) is 21.7. The van der Waals surface area contributed by atoms with E-state index in [1.807, 2.05) is 30.0 Å². The number of hydrogen-bond acceptors (Lipinski definition) is 6. The highest BCUT2D eigenvalue weighted by Crippen LogP contribution is 2.23. The van der Waals surface area contributed by atoms with Gasteiger partial charge < -0.3 is 24.3 Å². The third-order valence-corrected chi connectivity index (χ3v) is 4.85. The van der Waals surface area contributed by atoms with E-state index in [9.17, 15) is 4.79 Å². The molecule has 0 aliphatic carbocycles. The first-order valence-corrected chi connectivity index (χ1v) is 8.90. The molecule has 1 atom stereocenters. The third kappa shape index (κ3) is 3.62. The minimum Gasteiger partial charge on any atom is -0.423 e. The zero-order chi connectivity index (χ0) is 17.2. The topological polar surface area (TPSA) is 70.8 Å². The van der Waals surface area contributed by atoms with Crippen LogP contribution in [0.4, 0.5) is 6.01 Å². The zero-order valence-corrected chi connectivity index (χ0v) is 14.5. The Morgan fingerprint density at radius 3 is 2.92 bits per heavy atom. The Hall–Kier alpha value is -2.12. The van der Waals surface area contributed by atoms with Crippen molar-refractivity contribution in [3.63, 3.8) is 0 Å². The fourth-order valence-corrected chi connectivity index (χ4v) is 3.40. The number of aromatic nitrogens is 1. The summed E-state index contributed by atoms with van der Waals surface area (Å²) in [4.78, 5) is 21.1. The van der Waals surface area contributed by atoms with Gasteiger partial charge in [-0.3, -0.25) is 4.79 Å². The largest absolute Gasteiger partial charge is 0.423 e. The minimum atomic E-state index is 0.138. The second kappa shape index (κ2) is 7.01. The Morgan fingerprint density at radius 2 is 2.16 bits per heavy atom. The predicted octanol–water partition coefficient (Wildman–Crippen LogP) is 1.16. The number of carbonyl (C=O) groups is 1. The molecule has 0 radical (unpaired) electrons. The second-order valence-corrected chi connectivity index (χ2v) is 6.77. The molecular weight excluding hydrogens is 320 g/mol. The molecule has 1 aromatic heterocycles. The van der Waals surface area contributed by atoms with Crippen molar-refractivity contribution in [2.75, 3.05) is 50.8 Å². The summed E-state index contributed by atoms with van der Waals surface area (Å²) in [6.45, 7) is 7.10. The van der Waals surface area contributed by atoms with Gasteiger partial charge in [-0.1, -0.05) is 6.07 Å². The lowest BCUT2D eigenvalue weighted by molar-refractivity contribution is -0.132. The Bertz CT molecular complexity index is 746. The van der Waals surface area contributed by atoms with Gasteiger partial charge in [-0.05, 0) is 24.6 Å². The van der Waals surface area contributed by atoms with Crippen molar-refractivity contribution < 1.29 is 13.9 Å². The summed E-state index contributed by atoms with van der Waals surface area (Å²) in [6.07, 6.45) is 0.502. The molecule has 2 aliphatic rings. The van der Waals surface area contributed by atoms with Crippen LogP contribution < -0.4 is 10.2 Å². The van der Waals surface area contributed by atoms with Crippen molar-refractivity contribution in [3.8, 4) is 0 Å². The van der Waals surface area contributed by atoms with E-state index < -0.39 is 0 Å². The number of hydrogen-bond donors (Lipinski definition) is 1. The van der Waals surface area contributed by atoms with E-state index in [1.165, 1.54) is 5.56 Å². The molecule has 1 unspecified atom stereocenters. The van der Waals surface area contributed by atoms with E-state index in [2.05, 4.69) is 15.2 Å². The lowest BCUT2D eigenvalue weighted by Crippen LogP contribution is -2.51. The number of aryl methyl sites for hydroxylation is 1. The van der Waals surface area contributed by atoms with Crippen LogP contribution in [-0.2, 0) is 9.53 Å². The number of morpholine rings is 1. The molecule has 4 rings (SSSR count). The molecular formula is C18H24N4O3. The van der Waals surface area contributed by atoms with Gasteiger partial charge >= 0.3 is 0 Å². The molecule has 2 fully saturated rings. The van der Waals surface area contributed by atoms with E-state index in [4.69, 9.17) is 9.15 Å². The predicted molar refractivity (Wildman–Crippen MR) is 94.8 cm³/mol. The number of carbonyl (C=O) groups excluding carboxylic acids is 1. The van der Waals surface area contributed by atoms with E-state index in [0.717, 1.165) is 37.3 Å². The van der Waals surface area contributed by atoms with Crippen molar-refractivity contribution in [2.24, 2.45) is 0 Å². The minimum absolute atomic E-state index is 0.138. The number of ether oxygens (including phenoxy) is 1. The molecule has 2 aliphatic heterocycles. The highest BCUT2D eigenvalue weighted by molar-refractivity contribution is 5.77. The molecule has 1 amide bonds. The van der Waals surface area contributed by atoms with E-state index in [-0.39, 0.29) is 11.9 Å². The summed E-state index contributed by atoms with van der Waals surface area (Å²) >= 11 is 0. The van der Waals surface area contributed by atoms with Gasteiger partial charge in [0.2, 0.25) is 5.91 Å². The lowest BCUT2D eigenvalue weighted by Gasteiger charge is -2.35. The fraction of sp³-hybridized carbons (Fsp3) is 0.556. The Balaban J connectivity index is 1.34. The van der Waals surface area contributed by atoms with Gasteiger partial charge in [-0.25, -0.2) is 0 Å². The number of fused-ring (bicyclic) bond motifs is 1. The average molecular weight is 344 g/mol. The number of benzene rings is 1. The maximum absolute atomic E-state index is 12.5. The molecule has 7 heteroatoms. The third-order valence-electron chi connectivity index (χ3n) is 4.85. The molecule has 3 heterocycles. The van der Waals surface area contributed by atoms with Crippen molar-refractivity contribution in [1.82, 2.24) is 15.2 Å². The Labute approximate surface area is 146 Å². The van der Waals surface area contributed by atoms with Crippen LogP contribution in [0.5, 0.6) is 0 Å². The monoisotopic (exact) mass is 344 g/mol. The van der Waals surface area contributed by atoms with Crippen LogP contribution in [-0.4, -0.2) is 67.8 Å². The van der Waals surface area contributed by atoms with Gasteiger partial charge in [-0.2, -0.15) is 4.98 Å². The molecule has 0 bridgehead atoms. The number of oxazole rings is 1. The van der Waals surface area contributed by atoms with Crippen LogP contribution in [0.25, 0.3) is 11.1 Å². The molecule has 1 N–H and O–H groups in total. The first kappa shape index (κ1) is 16.4. The Morgan fingerprint density at radius 1 is 1.32 bits per heavy atom. The SMILES string of the molecule is Cc1ccc2oc(N3CCN(C(=O)CC4COCCN4)CC3)nc2c1. The first-order valence-electron chi connectivity index (χ1n) is 8.90. The maximum Gasteiger partial charge on any atom is 0.298 e.